The summed E-state index contributed by atoms with van der Waals surface area (Å²) >= 11 is 0. The van der Waals surface area contributed by atoms with Crippen LogP contribution in [0.3, 0.4) is 0 Å². The molecule has 0 aliphatic rings. The van der Waals surface area contributed by atoms with Crippen molar-refractivity contribution < 1.29 is 10.2 Å². The van der Waals surface area contributed by atoms with E-state index in [9.17, 15) is 0 Å². The molecule has 3 N–H and O–H groups in total. The maximum atomic E-state index is 9.16. The number of rotatable bonds is 2. The highest BCUT2D eigenvalue weighted by molar-refractivity contribution is 5.32. The topological polar surface area (TPSA) is 56.2 Å². The van der Waals surface area contributed by atoms with E-state index in [4.69, 9.17) is 10.2 Å². The van der Waals surface area contributed by atoms with Crippen LogP contribution in [0.25, 0.3) is 0 Å². The zero-order chi connectivity index (χ0) is 8.43. The van der Waals surface area contributed by atoms with Gasteiger partial charge >= 0.3 is 0 Å². The third-order valence-corrected chi connectivity index (χ3v) is 1.49. The normalized spacial score (nSPS) is 10.8. The molecule has 11 heavy (non-hydrogen) atoms. The van der Waals surface area contributed by atoms with E-state index < -0.39 is 0 Å². The number of hydrogen-bond donors (Lipinski definition) is 3. The van der Waals surface area contributed by atoms with E-state index in [0.717, 1.165) is 12.0 Å². The monoisotopic (exact) mass is 155 g/mol. The maximum absolute atomic E-state index is 9.16. The lowest BCUT2D eigenvalue weighted by atomic mass is 10.1. The molecular weight excluding hydrogens is 142 g/mol. The summed E-state index contributed by atoms with van der Waals surface area (Å²) in [6, 6.07) is 1.55. The Kier molecular flexibility index (Phi) is 2.08. The van der Waals surface area contributed by atoms with Gasteiger partial charge in [-0.1, -0.05) is 13.8 Å². The highest BCUT2D eigenvalue weighted by Gasteiger charge is 2.07. The van der Waals surface area contributed by atoms with Crippen LogP contribution >= 0.6 is 0 Å². The van der Waals surface area contributed by atoms with E-state index in [1.165, 1.54) is 0 Å². The molecule has 1 aromatic heterocycles. The molecule has 0 saturated carbocycles. The molecular formula is C8H13NO2. The molecule has 1 heterocycles. The molecule has 0 spiro atoms. The van der Waals surface area contributed by atoms with Gasteiger partial charge in [0.2, 0.25) is 0 Å². The zero-order valence-corrected chi connectivity index (χ0v) is 6.76. The minimum Gasteiger partial charge on any atom is -0.495 e. The Morgan fingerprint density at radius 3 is 2.45 bits per heavy atom. The Bertz CT molecular complexity index is 240. The van der Waals surface area contributed by atoms with Crippen molar-refractivity contribution in [1.29, 1.82) is 0 Å². The molecule has 0 fully saturated rings. The highest BCUT2D eigenvalue weighted by atomic mass is 16.3. The Morgan fingerprint density at radius 1 is 1.45 bits per heavy atom. The van der Waals surface area contributed by atoms with Crippen molar-refractivity contribution in [2.75, 3.05) is 0 Å². The predicted octanol–water partition coefficient (Wildman–Crippen LogP) is 1.62. The van der Waals surface area contributed by atoms with E-state index >= 15 is 0 Å². The summed E-state index contributed by atoms with van der Waals surface area (Å²) in [7, 11) is 0. The number of hydrogen-bond acceptors (Lipinski definition) is 2. The number of H-pyrrole nitrogens is 1. The summed E-state index contributed by atoms with van der Waals surface area (Å²) in [5, 5.41) is 18.1. The molecule has 0 unspecified atom stereocenters. The van der Waals surface area contributed by atoms with Gasteiger partial charge in [0.15, 0.2) is 11.8 Å². The van der Waals surface area contributed by atoms with Crippen LogP contribution in [0.5, 0.6) is 11.8 Å². The Hall–Kier alpha value is -1.12. The summed E-state index contributed by atoms with van der Waals surface area (Å²) < 4.78 is 0. The second kappa shape index (κ2) is 2.86. The van der Waals surface area contributed by atoms with Gasteiger partial charge in [0, 0.05) is 11.6 Å². The lowest BCUT2D eigenvalue weighted by Crippen LogP contribution is -1.91. The Morgan fingerprint density at radius 2 is 2.09 bits per heavy atom. The van der Waals surface area contributed by atoms with Crippen LogP contribution in [0.4, 0.5) is 0 Å². The summed E-state index contributed by atoms with van der Waals surface area (Å²) in [5.41, 5.74) is 0.775. The van der Waals surface area contributed by atoms with Crippen LogP contribution in [0.2, 0.25) is 0 Å². The van der Waals surface area contributed by atoms with E-state index in [-0.39, 0.29) is 11.8 Å². The van der Waals surface area contributed by atoms with Gasteiger partial charge in [0.1, 0.15) is 0 Å². The minimum absolute atomic E-state index is 0.0261. The van der Waals surface area contributed by atoms with E-state index in [2.05, 4.69) is 18.8 Å². The van der Waals surface area contributed by atoms with Gasteiger partial charge in [0.05, 0.1) is 0 Å². The molecule has 0 aliphatic heterocycles. The van der Waals surface area contributed by atoms with Crippen molar-refractivity contribution >= 4 is 0 Å². The van der Waals surface area contributed by atoms with Gasteiger partial charge in [-0.05, 0) is 12.3 Å². The standard InChI is InChI=1S/C8H13NO2/c1-5(2)3-6-4-7(10)9-8(6)11/h4-5,9-11H,3H2,1-2H3. The number of aromatic hydroxyl groups is 2. The SMILES string of the molecule is CC(C)Cc1cc(O)[nH]c1O. The fourth-order valence-electron chi connectivity index (χ4n) is 1.07. The number of nitrogens with one attached hydrogen (secondary N) is 1. The van der Waals surface area contributed by atoms with Crippen molar-refractivity contribution in [3.05, 3.63) is 11.6 Å². The molecule has 0 aromatic carbocycles. The van der Waals surface area contributed by atoms with Crippen LogP contribution in [-0.4, -0.2) is 15.2 Å². The van der Waals surface area contributed by atoms with Gasteiger partial charge in [0.25, 0.3) is 0 Å². The third kappa shape index (κ3) is 1.90. The van der Waals surface area contributed by atoms with Crippen molar-refractivity contribution in [3.8, 4) is 11.8 Å². The molecule has 1 rings (SSSR count). The van der Waals surface area contributed by atoms with E-state index in [0.29, 0.717) is 5.92 Å². The van der Waals surface area contributed by atoms with Crippen LogP contribution < -0.4 is 0 Å². The summed E-state index contributed by atoms with van der Waals surface area (Å²) in [6.45, 7) is 4.12. The van der Waals surface area contributed by atoms with Gasteiger partial charge in [-0.15, -0.1) is 0 Å². The minimum atomic E-state index is 0.0261. The Balaban J connectivity index is 2.77. The van der Waals surface area contributed by atoms with Crippen LogP contribution in [0, 0.1) is 5.92 Å². The maximum Gasteiger partial charge on any atom is 0.194 e. The molecule has 0 aliphatic carbocycles. The first kappa shape index (κ1) is 7.98. The number of aromatic nitrogens is 1. The first-order valence-electron chi connectivity index (χ1n) is 3.69. The molecule has 0 amide bonds. The van der Waals surface area contributed by atoms with Gasteiger partial charge in [-0.25, -0.2) is 0 Å². The second-order valence-corrected chi connectivity index (χ2v) is 3.13. The first-order valence-corrected chi connectivity index (χ1v) is 3.69. The smallest absolute Gasteiger partial charge is 0.194 e. The Labute approximate surface area is 65.7 Å². The molecule has 3 nitrogen and oxygen atoms in total. The van der Waals surface area contributed by atoms with Gasteiger partial charge in [-0.3, -0.25) is 4.98 Å². The largest absolute Gasteiger partial charge is 0.495 e. The van der Waals surface area contributed by atoms with Gasteiger partial charge < -0.3 is 10.2 Å². The molecule has 1 aromatic rings. The van der Waals surface area contributed by atoms with Crippen LogP contribution in [0.1, 0.15) is 19.4 Å². The highest BCUT2D eigenvalue weighted by Crippen LogP contribution is 2.23. The summed E-state index contributed by atoms with van der Waals surface area (Å²) in [6.07, 6.45) is 0.781. The molecule has 0 atom stereocenters. The first-order chi connectivity index (χ1) is 5.09. The van der Waals surface area contributed by atoms with Crippen molar-refractivity contribution in [2.24, 2.45) is 5.92 Å². The molecule has 0 radical (unpaired) electrons. The van der Waals surface area contributed by atoms with E-state index in [1.807, 2.05) is 0 Å². The quantitative estimate of drug-likeness (QED) is 0.608. The average Bonchev–Trinajstić information content (AvgIpc) is 2.09. The summed E-state index contributed by atoms with van der Waals surface area (Å²) in [5.74, 6) is 0.588. The van der Waals surface area contributed by atoms with Crippen LogP contribution in [0.15, 0.2) is 6.07 Å². The van der Waals surface area contributed by atoms with Crippen LogP contribution in [-0.2, 0) is 6.42 Å². The summed E-state index contributed by atoms with van der Waals surface area (Å²) in [4.78, 5) is 2.42. The van der Waals surface area contributed by atoms with Crippen molar-refractivity contribution in [3.63, 3.8) is 0 Å². The fourth-order valence-corrected chi connectivity index (χ4v) is 1.07. The molecule has 3 heteroatoms. The van der Waals surface area contributed by atoms with Crippen molar-refractivity contribution in [2.45, 2.75) is 20.3 Å². The molecule has 0 bridgehead atoms. The van der Waals surface area contributed by atoms with E-state index in [1.54, 1.807) is 6.07 Å². The predicted molar refractivity (Wildman–Crippen MR) is 42.7 cm³/mol. The third-order valence-electron chi connectivity index (χ3n) is 1.49. The zero-order valence-electron chi connectivity index (χ0n) is 6.76. The lowest BCUT2D eigenvalue weighted by molar-refractivity contribution is 0.421. The number of aromatic amines is 1. The van der Waals surface area contributed by atoms with Gasteiger partial charge in [-0.2, -0.15) is 0 Å². The molecule has 62 valence electrons. The lowest BCUT2D eigenvalue weighted by Gasteiger charge is -2.00. The van der Waals surface area contributed by atoms with Crippen molar-refractivity contribution in [1.82, 2.24) is 4.98 Å². The fraction of sp³-hybridized carbons (Fsp3) is 0.500. The molecule has 0 saturated heterocycles. The average molecular weight is 155 g/mol. The second-order valence-electron chi connectivity index (χ2n) is 3.13.